The minimum Gasteiger partial charge on any atom is -0.489 e. The van der Waals surface area contributed by atoms with Gasteiger partial charge in [0.15, 0.2) is 11.6 Å². The van der Waals surface area contributed by atoms with Crippen LogP contribution in [-0.2, 0) is 14.8 Å². The maximum atomic E-state index is 13.5. The van der Waals surface area contributed by atoms with Crippen LogP contribution in [-0.4, -0.2) is 57.3 Å². The second-order valence-corrected chi connectivity index (χ2v) is 7.85. The number of halogens is 2. The summed E-state index contributed by atoms with van der Waals surface area (Å²) in [5, 5.41) is 0. The lowest BCUT2D eigenvalue weighted by Gasteiger charge is -2.22. The Morgan fingerprint density at radius 2 is 1.67 bits per heavy atom. The first-order chi connectivity index (χ1) is 12.7. The largest absolute Gasteiger partial charge is 0.489 e. The van der Waals surface area contributed by atoms with Gasteiger partial charge in [-0.05, 0) is 36.4 Å². The summed E-state index contributed by atoms with van der Waals surface area (Å²) in [5.41, 5.74) is 0. The highest BCUT2D eigenvalue weighted by atomic mass is 32.2. The number of benzene rings is 2. The third-order valence-electron chi connectivity index (χ3n) is 3.83. The van der Waals surface area contributed by atoms with E-state index >= 15 is 0 Å². The molecule has 0 saturated heterocycles. The Kier molecular flexibility index (Phi) is 6.86. The van der Waals surface area contributed by atoms with Gasteiger partial charge in [0.2, 0.25) is 15.9 Å². The van der Waals surface area contributed by atoms with E-state index in [9.17, 15) is 22.0 Å². The molecule has 0 aromatic heterocycles. The first-order valence-electron chi connectivity index (χ1n) is 8.05. The number of nitrogens with zero attached hydrogens (tertiary/aromatic N) is 2. The monoisotopic (exact) mass is 398 g/mol. The topological polar surface area (TPSA) is 66.9 Å². The van der Waals surface area contributed by atoms with Crippen LogP contribution in [0.15, 0.2) is 53.4 Å². The fourth-order valence-corrected chi connectivity index (χ4v) is 3.28. The number of para-hydroxylation sites is 1. The predicted molar refractivity (Wildman–Crippen MR) is 95.7 cm³/mol. The molecule has 0 spiro atoms. The van der Waals surface area contributed by atoms with E-state index < -0.39 is 34.1 Å². The second-order valence-electron chi connectivity index (χ2n) is 5.81. The van der Waals surface area contributed by atoms with Gasteiger partial charge in [-0.1, -0.05) is 12.1 Å². The molecule has 0 N–H and O–H groups in total. The molecule has 0 fully saturated rings. The van der Waals surface area contributed by atoms with Crippen LogP contribution in [0.2, 0.25) is 0 Å². The van der Waals surface area contributed by atoms with Crippen molar-refractivity contribution in [2.45, 2.75) is 4.90 Å². The summed E-state index contributed by atoms with van der Waals surface area (Å²) in [5.74, 6) is -1.44. The summed E-state index contributed by atoms with van der Waals surface area (Å²) < 4.78 is 57.4. The Balaban J connectivity index is 1.89. The van der Waals surface area contributed by atoms with Gasteiger partial charge in [0, 0.05) is 14.1 Å². The first-order valence-corrected chi connectivity index (χ1v) is 9.49. The van der Waals surface area contributed by atoms with Crippen LogP contribution < -0.4 is 4.74 Å². The van der Waals surface area contributed by atoms with E-state index in [1.54, 1.807) is 6.07 Å². The molecule has 0 aliphatic carbocycles. The molecular formula is C18H20F2N2O4S. The van der Waals surface area contributed by atoms with Crippen molar-refractivity contribution in [3.05, 3.63) is 60.2 Å². The molecule has 0 radical (unpaired) electrons. The zero-order valence-electron chi connectivity index (χ0n) is 14.9. The van der Waals surface area contributed by atoms with Crippen LogP contribution >= 0.6 is 0 Å². The van der Waals surface area contributed by atoms with Crippen molar-refractivity contribution >= 4 is 15.9 Å². The first kappa shape index (κ1) is 20.8. The smallest absolute Gasteiger partial charge is 0.243 e. The summed E-state index contributed by atoms with van der Waals surface area (Å²) >= 11 is 0. The van der Waals surface area contributed by atoms with E-state index in [1.807, 2.05) is 0 Å². The van der Waals surface area contributed by atoms with Crippen molar-refractivity contribution in [2.75, 3.05) is 33.8 Å². The number of carbonyl (C=O) groups excluding carboxylic acids is 1. The summed E-state index contributed by atoms with van der Waals surface area (Å²) in [4.78, 5) is 13.4. The van der Waals surface area contributed by atoms with Crippen LogP contribution in [0.25, 0.3) is 0 Å². The lowest BCUT2D eigenvalue weighted by atomic mass is 10.3. The van der Waals surface area contributed by atoms with Gasteiger partial charge in [-0.25, -0.2) is 17.2 Å². The van der Waals surface area contributed by atoms with Gasteiger partial charge in [-0.3, -0.25) is 4.79 Å². The molecule has 1 amide bonds. The van der Waals surface area contributed by atoms with Crippen LogP contribution in [0.5, 0.6) is 5.75 Å². The second kappa shape index (κ2) is 8.92. The molecule has 2 aromatic carbocycles. The lowest BCUT2D eigenvalue weighted by molar-refractivity contribution is -0.130. The van der Waals surface area contributed by atoms with Gasteiger partial charge >= 0.3 is 0 Å². The molecule has 0 heterocycles. The Labute approximate surface area is 157 Å². The minimum atomic E-state index is -3.92. The van der Waals surface area contributed by atoms with Crippen LogP contribution in [0.3, 0.4) is 0 Å². The number of hydrogen-bond acceptors (Lipinski definition) is 4. The van der Waals surface area contributed by atoms with Crippen molar-refractivity contribution < 1.29 is 26.7 Å². The van der Waals surface area contributed by atoms with E-state index in [0.29, 0.717) is 0 Å². The third kappa shape index (κ3) is 5.48. The SMILES string of the molecule is CN(CCOc1ccccc1F)C(=O)CN(C)S(=O)(=O)c1ccc(F)cc1. The fraction of sp³-hybridized carbons (Fsp3) is 0.278. The average Bonchev–Trinajstić information content (AvgIpc) is 2.63. The lowest BCUT2D eigenvalue weighted by Crippen LogP contribution is -2.40. The predicted octanol–water partition coefficient (Wildman–Crippen LogP) is 2.12. The molecule has 6 nitrogen and oxygen atoms in total. The normalized spacial score (nSPS) is 11.4. The molecule has 2 rings (SSSR count). The van der Waals surface area contributed by atoms with Crippen LogP contribution in [0.4, 0.5) is 8.78 Å². The van der Waals surface area contributed by atoms with E-state index in [1.165, 1.54) is 37.2 Å². The number of likely N-dealkylation sites (N-methyl/N-ethyl adjacent to an activating group) is 2. The van der Waals surface area contributed by atoms with Gasteiger partial charge in [-0.15, -0.1) is 0 Å². The van der Waals surface area contributed by atoms with Gasteiger partial charge < -0.3 is 9.64 Å². The molecule has 0 unspecified atom stereocenters. The standard InChI is InChI=1S/C18H20F2N2O4S/c1-21(11-12-26-17-6-4-3-5-16(17)20)18(23)13-22(2)27(24,25)15-9-7-14(19)8-10-15/h3-10H,11-13H2,1-2H3. The Bertz CT molecular complexity index is 888. The van der Waals surface area contributed by atoms with E-state index in [2.05, 4.69) is 0 Å². The molecule has 0 atom stereocenters. The van der Waals surface area contributed by atoms with Gasteiger partial charge in [0.1, 0.15) is 12.4 Å². The summed E-state index contributed by atoms with van der Waals surface area (Å²) in [6, 6.07) is 10.2. The number of sulfonamides is 1. The molecule has 0 saturated carbocycles. The van der Waals surface area contributed by atoms with Gasteiger partial charge in [0.05, 0.1) is 18.0 Å². The number of rotatable bonds is 8. The zero-order chi connectivity index (χ0) is 20.0. The van der Waals surface area contributed by atoms with Crippen molar-refractivity contribution in [1.29, 1.82) is 0 Å². The average molecular weight is 398 g/mol. The van der Waals surface area contributed by atoms with E-state index in [-0.39, 0.29) is 23.8 Å². The van der Waals surface area contributed by atoms with Crippen LogP contribution in [0.1, 0.15) is 0 Å². The Morgan fingerprint density at radius 3 is 2.30 bits per heavy atom. The molecular weight excluding hydrogens is 378 g/mol. The number of carbonyl (C=O) groups is 1. The van der Waals surface area contributed by atoms with Crippen LogP contribution in [0, 0.1) is 11.6 Å². The third-order valence-corrected chi connectivity index (χ3v) is 5.64. The molecule has 0 bridgehead atoms. The Hall–Kier alpha value is -2.52. The van der Waals surface area contributed by atoms with Crippen molar-refractivity contribution in [3.8, 4) is 5.75 Å². The molecule has 27 heavy (non-hydrogen) atoms. The number of amides is 1. The highest BCUT2D eigenvalue weighted by Gasteiger charge is 2.24. The fourth-order valence-electron chi connectivity index (χ4n) is 2.16. The molecule has 0 aliphatic heterocycles. The number of ether oxygens (including phenoxy) is 1. The zero-order valence-corrected chi connectivity index (χ0v) is 15.7. The molecule has 146 valence electrons. The van der Waals surface area contributed by atoms with E-state index in [0.717, 1.165) is 28.6 Å². The molecule has 9 heteroatoms. The minimum absolute atomic E-state index is 0.0532. The van der Waals surface area contributed by atoms with E-state index in [4.69, 9.17) is 4.74 Å². The Morgan fingerprint density at radius 1 is 1.04 bits per heavy atom. The van der Waals surface area contributed by atoms with Crippen molar-refractivity contribution in [1.82, 2.24) is 9.21 Å². The maximum absolute atomic E-state index is 13.5. The van der Waals surface area contributed by atoms with Gasteiger partial charge in [0.25, 0.3) is 0 Å². The highest BCUT2D eigenvalue weighted by Crippen LogP contribution is 2.16. The highest BCUT2D eigenvalue weighted by molar-refractivity contribution is 7.89. The summed E-state index contributed by atoms with van der Waals surface area (Å²) in [6.45, 7) is -0.189. The quantitative estimate of drug-likeness (QED) is 0.683. The summed E-state index contributed by atoms with van der Waals surface area (Å²) in [6.07, 6.45) is 0. The number of hydrogen-bond donors (Lipinski definition) is 0. The molecule has 2 aromatic rings. The summed E-state index contributed by atoms with van der Waals surface area (Å²) in [7, 11) is -1.16. The van der Waals surface area contributed by atoms with Crippen molar-refractivity contribution in [2.24, 2.45) is 0 Å². The molecule has 0 aliphatic rings. The maximum Gasteiger partial charge on any atom is 0.243 e. The van der Waals surface area contributed by atoms with Gasteiger partial charge in [-0.2, -0.15) is 4.31 Å². The van der Waals surface area contributed by atoms with Crippen molar-refractivity contribution in [3.63, 3.8) is 0 Å².